The minimum absolute atomic E-state index is 0.560. The van der Waals surface area contributed by atoms with Crippen LogP contribution in [-0.2, 0) is 0 Å². The Bertz CT molecular complexity index is 398. The van der Waals surface area contributed by atoms with E-state index in [1.165, 1.54) is 44.6 Å². The number of rotatable bonds is 3. The Kier molecular flexibility index (Phi) is 4.71. The van der Waals surface area contributed by atoms with Crippen molar-refractivity contribution < 1.29 is 0 Å². The summed E-state index contributed by atoms with van der Waals surface area (Å²) in [7, 11) is 2.24. The van der Waals surface area contributed by atoms with Gasteiger partial charge in [0.2, 0.25) is 0 Å². The van der Waals surface area contributed by atoms with Crippen molar-refractivity contribution in [2.45, 2.75) is 18.9 Å². The first-order chi connectivity index (χ1) is 9.83. The number of piperazine rings is 1. The Morgan fingerprint density at radius 3 is 2.60 bits per heavy atom. The quantitative estimate of drug-likeness (QED) is 0.908. The molecule has 0 aliphatic carbocycles. The van der Waals surface area contributed by atoms with Gasteiger partial charge in [0.05, 0.1) is 0 Å². The molecule has 1 N–H and O–H groups in total. The Labute approximate surface area is 123 Å². The maximum absolute atomic E-state index is 3.56. The van der Waals surface area contributed by atoms with Crippen LogP contribution in [0.3, 0.4) is 0 Å². The first-order valence-electron chi connectivity index (χ1n) is 8.01. The van der Waals surface area contributed by atoms with Crippen LogP contribution in [0.15, 0.2) is 30.3 Å². The van der Waals surface area contributed by atoms with E-state index in [4.69, 9.17) is 0 Å². The van der Waals surface area contributed by atoms with Crippen LogP contribution in [0.1, 0.15) is 24.4 Å². The SMILES string of the molecule is CN1CCC(CN2CCNCC2c2ccccc2)CC1. The smallest absolute Gasteiger partial charge is 0.0473 e. The summed E-state index contributed by atoms with van der Waals surface area (Å²) in [6.45, 7) is 7.23. The Hall–Kier alpha value is -0.900. The third kappa shape index (κ3) is 3.40. The van der Waals surface area contributed by atoms with Crippen LogP contribution < -0.4 is 5.32 Å². The molecule has 110 valence electrons. The number of nitrogens with one attached hydrogen (secondary N) is 1. The van der Waals surface area contributed by atoms with Crippen molar-refractivity contribution in [3.63, 3.8) is 0 Å². The molecule has 3 heteroatoms. The molecule has 0 saturated carbocycles. The first-order valence-corrected chi connectivity index (χ1v) is 8.01. The molecule has 2 saturated heterocycles. The third-order valence-electron chi connectivity index (χ3n) is 4.87. The van der Waals surface area contributed by atoms with Crippen LogP contribution in [0, 0.1) is 5.92 Å². The van der Waals surface area contributed by atoms with E-state index < -0.39 is 0 Å². The fraction of sp³-hybridized carbons (Fsp3) is 0.647. The number of piperidine rings is 1. The molecule has 2 heterocycles. The van der Waals surface area contributed by atoms with E-state index in [2.05, 4.69) is 52.5 Å². The lowest BCUT2D eigenvalue weighted by atomic mass is 9.94. The molecule has 2 aliphatic rings. The highest BCUT2D eigenvalue weighted by molar-refractivity contribution is 5.20. The molecule has 1 atom stereocenters. The molecule has 20 heavy (non-hydrogen) atoms. The Morgan fingerprint density at radius 1 is 1.10 bits per heavy atom. The summed E-state index contributed by atoms with van der Waals surface area (Å²) < 4.78 is 0. The van der Waals surface area contributed by atoms with E-state index >= 15 is 0 Å². The molecule has 1 unspecified atom stereocenters. The van der Waals surface area contributed by atoms with Crippen molar-refractivity contribution in [3.05, 3.63) is 35.9 Å². The van der Waals surface area contributed by atoms with Crippen LogP contribution in [0.25, 0.3) is 0 Å². The van der Waals surface area contributed by atoms with Crippen molar-refractivity contribution in [1.29, 1.82) is 0 Å². The molecular weight excluding hydrogens is 246 g/mol. The van der Waals surface area contributed by atoms with Crippen molar-refractivity contribution in [1.82, 2.24) is 15.1 Å². The van der Waals surface area contributed by atoms with Gasteiger partial charge in [-0.15, -0.1) is 0 Å². The summed E-state index contributed by atoms with van der Waals surface area (Å²) in [6, 6.07) is 11.6. The van der Waals surface area contributed by atoms with Gasteiger partial charge in [-0.1, -0.05) is 30.3 Å². The molecule has 2 aliphatic heterocycles. The zero-order valence-electron chi connectivity index (χ0n) is 12.6. The summed E-state index contributed by atoms with van der Waals surface area (Å²) >= 11 is 0. The largest absolute Gasteiger partial charge is 0.314 e. The number of hydrogen-bond acceptors (Lipinski definition) is 3. The molecule has 0 aromatic heterocycles. The van der Waals surface area contributed by atoms with Crippen LogP contribution in [-0.4, -0.2) is 56.1 Å². The Balaban J connectivity index is 1.64. The molecule has 3 nitrogen and oxygen atoms in total. The van der Waals surface area contributed by atoms with Crippen LogP contribution in [0.5, 0.6) is 0 Å². The van der Waals surface area contributed by atoms with Crippen molar-refractivity contribution >= 4 is 0 Å². The lowest BCUT2D eigenvalue weighted by molar-refractivity contribution is 0.108. The predicted octanol–water partition coefficient (Wildman–Crippen LogP) is 1.97. The Morgan fingerprint density at radius 2 is 1.85 bits per heavy atom. The molecule has 0 amide bonds. The van der Waals surface area contributed by atoms with Gasteiger partial charge in [0.15, 0.2) is 0 Å². The summed E-state index contributed by atoms with van der Waals surface area (Å²) in [5, 5.41) is 3.56. The maximum Gasteiger partial charge on any atom is 0.0473 e. The van der Waals surface area contributed by atoms with E-state index in [1.807, 2.05) is 0 Å². The summed E-state index contributed by atoms with van der Waals surface area (Å²) in [5.41, 5.74) is 1.47. The highest BCUT2D eigenvalue weighted by Crippen LogP contribution is 2.26. The standard InChI is InChI=1S/C17H27N3/c1-19-10-7-15(8-11-19)14-20-12-9-18-13-17(20)16-5-3-2-4-6-16/h2-6,15,17-18H,7-14H2,1H3. The van der Waals surface area contributed by atoms with Crippen LogP contribution >= 0.6 is 0 Å². The fourth-order valence-electron chi connectivity index (χ4n) is 3.55. The van der Waals surface area contributed by atoms with Crippen LogP contribution in [0.2, 0.25) is 0 Å². The minimum atomic E-state index is 0.560. The molecule has 0 spiro atoms. The minimum Gasteiger partial charge on any atom is -0.314 e. The van der Waals surface area contributed by atoms with Gasteiger partial charge in [0, 0.05) is 32.2 Å². The van der Waals surface area contributed by atoms with Gasteiger partial charge >= 0.3 is 0 Å². The van der Waals surface area contributed by atoms with E-state index in [0.717, 1.165) is 19.0 Å². The molecule has 0 radical (unpaired) electrons. The second-order valence-corrected chi connectivity index (χ2v) is 6.37. The number of benzene rings is 1. The normalized spacial score (nSPS) is 26.8. The average Bonchev–Trinajstić information content (AvgIpc) is 2.51. The molecule has 3 rings (SSSR count). The van der Waals surface area contributed by atoms with Gasteiger partial charge in [-0.25, -0.2) is 0 Å². The number of nitrogens with zero attached hydrogens (tertiary/aromatic N) is 2. The lowest BCUT2D eigenvalue weighted by Gasteiger charge is -2.40. The second kappa shape index (κ2) is 6.70. The van der Waals surface area contributed by atoms with Crippen molar-refractivity contribution in [2.24, 2.45) is 5.92 Å². The van der Waals surface area contributed by atoms with Gasteiger partial charge < -0.3 is 10.2 Å². The molecule has 0 bridgehead atoms. The monoisotopic (exact) mass is 273 g/mol. The highest BCUT2D eigenvalue weighted by atomic mass is 15.2. The maximum atomic E-state index is 3.56. The number of likely N-dealkylation sites (tertiary alicyclic amines) is 1. The van der Waals surface area contributed by atoms with Crippen LogP contribution in [0.4, 0.5) is 0 Å². The molecule has 1 aromatic rings. The average molecular weight is 273 g/mol. The summed E-state index contributed by atoms with van der Waals surface area (Å²) in [5.74, 6) is 0.885. The summed E-state index contributed by atoms with van der Waals surface area (Å²) in [6.07, 6.45) is 2.73. The van der Waals surface area contributed by atoms with Gasteiger partial charge in [0.1, 0.15) is 0 Å². The lowest BCUT2D eigenvalue weighted by Crippen LogP contribution is -2.48. The second-order valence-electron chi connectivity index (χ2n) is 6.37. The number of hydrogen-bond donors (Lipinski definition) is 1. The van der Waals surface area contributed by atoms with Gasteiger partial charge in [0.25, 0.3) is 0 Å². The van der Waals surface area contributed by atoms with E-state index in [-0.39, 0.29) is 0 Å². The zero-order chi connectivity index (χ0) is 13.8. The fourth-order valence-corrected chi connectivity index (χ4v) is 3.55. The molecule has 1 aromatic carbocycles. The zero-order valence-corrected chi connectivity index (χ0v) is 12.6. The summed E-state index contributed by atoms with van der Waals surface area (Å²) in [4.78, 5) is 5.17. The van der Waals surface area contributed by atoms with E-state index in [9.17, 15) is 0 Å². The van der Waals surface area contributed by atoms with Gasteiger partial charge in [-0.05, 0) is 44.5 Å². The highest BCUT2D eigenvalue weighted by Gasteiger charge is 2.27. The topological polar surface area (TPSA) is 18.5 Å². The molecular formula is C17H27N3. The predicted molar refractivity (Wildman–Crippen MR) is 83.8 cm³/mol. The van der Waals surface area contributed by atoms with Crippen molar-refractivity contribution in [3.8, 4) is 0 Å². The van der Waals surface area contributed by atoms with E-state index in [0.29, 0.717) is 6.04 Å². The van der Waals surface area contributed by atoms with Gasteiger partial charge in [-0.3, -0.25) is 4.90 Å². The van der Waals surface area contributed by atoms with Gasteiger partial charge in [-0.2, -0.15) is 0 Å². The van der Waals surface area contributed by atoms with E-state index in [1.54, 1.807) is 0 Å². The van der Waals surface area contributed by atoms with Crippen molar-refractivity contribution in [2.75, 3.05) is 46.3 Å². The molecule has 2 fully saturated rings. The first kappa shape index (κ1) is 14.1. The third-order valence-corrected chi connectivity index (χ3v) is 4.87.